The van der Waals surface area contributed by atoms with Crippen LogP contribution < -0.4 is 0 Å². The smallest absolute Gasteiger partial charge is 0.241 e. The third-order valence-electron chi connectivity index (χ3n) is 2.94. The summed E-state index contributed by atoms with van der Waals surface area (Å²) in [4.78, 5) is 14.5. The van der Waals surface area contributed by atoms with E-state index in [2.05, 4.69) is 27.7 Å². The zero-order chi connectivity index (χ0) is 15.1. The van der Waals surface area contributed by atoms with Crippen LogP contribution in [0.2, 0.25) is 0 Å². The number of rotatable bonds is 7. The van der Waals surface area contributed by atoms with Crippen molar-refractivity contribution in [1.82, 2.24) is 4.90 Å². The molecule has 1 atom stereocenters. The maximum Gasteiger partial charge on any atom is 0.241 e. The molecule has 0 bridgehead atoms. The van der Waals surface area contributed by atoms with Crippen molar-refractivity contribution in [1.29, 1.82) is 0 Å². The molecule has 0 heterocycles. The van der Waals surface area contributed by atoms with Crippen LogP contribution in [-0.4, -0.2) is 23.9 Å². The van der Waals surface area contributed by atoms with Gasteiger partial charge in [0.1, 0.15) is 5.66 Å². The predicted octanol–water partition coefficient (Wildman–Crippen LogP) is 4.16. The van der Waals surface area contributed by atoms with E-state index in [9.17, 15) is 9.36 Å². The van der Waals surface area contributed by atoms with E-state index in [0.717, 1.165) is 5.56 Å². The summed E-state index contributed by atoms with van der Waals surface area (Å²) in [6.07, 6.45) is 0. The Balaban J connectivity index is 2.93. The van der Waals surface area contributed by atoms with Crippen LogP contribution in [0.4, 0.5) is 0 Å². The van der Waals surface area contributed by atoms with Gasteiger partial charge in [0.15, 0.2) is 8.46 Å². The summed E-state index contributed by atoms with van der Waals surface area (Å²) in [6.45, 7) is 9.77. The van der Waals surface area contributed by atoms with E-state index in [1.807, 2.05) is 35.2 Å². The highest BCUT2D eigenvalue weighted by Crippen LogP contribution is 2.29. The van der Waals surface area contributed by atoms with Gasteiger partial charge in [-0.15, -0.1) is 0 Å². The molecule has 0 radical (unpaired) electrons. The largest absolute Gasteiger partial charge is 0.341 e. The van der Waals surface area contributed by atoms with Crippen LogP contribution in [0.1, 0.15) is 38.9 Å². The molecule has 0 spiro atoms. The first-order chi connectivity index (χ1) is 9.45. The highest BCUT2D eigenvalue weighted by atomic mass is 31.1. The van der Waals surface area contributed by atoms with Crippen molar-refractivity contribution < 1.29 is 9.36 Å². The highest BCUT2D eigenvalue weighted by Gasteiger charge is 2.27. The Bertz CT molecular complexity index is 421. The Hall–Kier alpha value is -1.21. The van der Waals surface area contributed by atoms with Gasteiger partial charge in [-0.25, -0.2) is 0 Å². The maximum absolute atomic E-state index is 12.7. The Kier molecular flexibility index (Phi) is 6.87. The van der Waals surface area contributed by atoms with E-state index >= 15 is 0 Å². The Morgan fingerprint density at radius 2 is 1.55 bits per heavy atom. The molecule has 3 nitrogen and oxygen atoms in total. The average molecular weight is 293 g/mol. The van der Waals surface area contributed by atoms with Gasteiger partial charge in [-0.1, -0.05) is 58.0 Å². The molecule has 0 aliphatic rings. The summed E-state index contributed by atoms with van der Waals surface area (Å²) in [5, 5.41) is 0. The van der Waals surface area contributed by atoms with Crippen LogP contribution >= 0.6 is 8.46 Å². The van der Waals surface area contributed by atoms with Crippen molar-refractivity contribution in [3.8, 4) is 0 Å². The lowest BCUT2D eigenvalue weighted by molar-refractivity contribution is -0.131. The highest BCUT2D eigenvalue weighted by molar-refractivity contribution is 7.26. The lowest BCUT2D eigenvalue weighted by atomic mass is 10.1. The van der Waals surface area contributed by atoms with Crippen LogP contribution in [0.5, 0.6) is 0 Å². The number of nitrogens with zero attached hydrogens (tertiary/aromatic N) is 1. The topological polar surface area (TPSA) is 37.4 Å². The second kappa shape index (κ2) is 8.16. The van der Waals surface area contributed by atoms with Crippen molar-refractivity contribution in [2.75, 3.05) is 13.1 Å². The lowest BCUT2D eigenvalue weighted by Gasteiger charge is -2.28. The molecular formula is C16H24NO2P. The average Bonchev–Trinajstić information content (AvgIpc) is 2.39. The standard InChI is InChI=1S/C16H24NO2P/c1-12(2)10-17(11-13(3)4)16(18)15(20-19)14-8-6-5-7-9-14/h5-9,12-13,15H,10-11H2,1-4H3. The van der Waals surface area contributed by atoms with E-state index in [-0.39, 0.29) is 14.4 Å². The molecule has 20 heavy (non-hydrogen) atoms. The van der Waals surface area contributed by atoms with Gasteiger partial charge in [0.05, 0.1) is 0 Å². The van der Waals surface area contributed by atoms with Gasteiger partial charge in [-0.3, -0.25) is 9.36 Å². The summed E-state index contributed by atoms with van der Waals surface area (Å²) in [7, 11) is -0.138. The SMILES string of the molecule is CC(C)CN(CC(C)C)C(=O)C(P=O)c1ccccc1. The summed E-state index contributed by atoms with van der Waals surface area (Å²) < 4.78 is 11.5. The normalized spacial score (nSPS) is 12.9. The van der Waals surface area contributed by atoms with Gasteiger partial charge in [0.2, 0.25) is 5.91 Å². The molecule has 0 saturated heterocycles. The number of hydrogen-bond donors (Lipinski definition) is 0. The van der Waals surface area contributed by atoms with Gasteiger partial charge in [-0.2, -0.15) is 0 Å². The Morgan fingerprint density at radius 1 is 1.05 bits per heavy atom. The van der Waals surface area contributed by atoms with Gasteiger partial charge in [0.25, 0.3) is 0 Å². The lowest BCUT2D eigenvalue weighted by Crippen LogP contribution is -2.38. The van der Waals surface area contributed by atoms with Crippen LogP contribution in [0.15, 0.2) is 30.3 Å². The molecule has 1 unspecified atom stereocenters. The third kappa shape index (κ3) is 5.05. The monoisotopic (exact) mass is 293 g/mol. The first kappa shape index (κ1) is 16.8. The van der Waals surface area contributed by atoms with Gasteiger partial charge < -0.3 is 4.90 Å². The van der Waals surface area contributed by atoms with Crippen LogP contribution in [0.3, 0.4) is 0 Å². The van der Waals surface area contributed by atoms with Crippen molar-refractivity contribution >= 4 is 14.4 Å². The predicted molar refractivity (Wildman–Crippen MR) is 83.0 cm³/mol. The maximum atomic E-state index is 12.7. The Labute approximate surface area is 123 Å². The first-order valence-electron chi connectivity index (χ1n) is 7.11. The molecule has 1 rings (SSSR count). The van der Waals surface area contributed by atoms with Gasteiger partial charge >= 0.3 is 0 Å². The van der Waals surface area contributed by atoms with Gasteiger partial charge in [0, 0.05) is 13.1 Å². The fourth-order valence-corrected chi connectivity index (χ4v) is 2.74. The van der Waals surface area contributed by atoms with Gasteiger partial charge in [-0.05, 0) is 17.4 Å². The number of carbonyl (C=O) groups is 1. The summed E-state index contributed by atoms with van der Waals surface area (Å²) in [5.74, 6) is 0.755. The zero-order valence-corrected chi connectivity index (χ0v) is 13.6. The van der Waals surface area contributed by atoms with E-state index in [1.54, 1.807) is 0 Å². The van der Waals surface area contributed by atoms with Crippen LogP contribution in [0, 0.1) is 11.8 Å². The summed E-state index contributed by atoms with van der Waals surface area (Å²) in [6, 6.07) is 9.35. The minimum absolute atomic E-state index is 0.0460. The molecule has 110 valence electrons. The minimum atomic E-state index is -0.589. The summed E-state index contributed by atoms with van der Waals surface area (Å²) >= 11 is 0. The second-order valence-corrected chi connectivity index (χ2v) is 6.68. The van der Waals surface area contributed by atoms with E-state index in [4.69, 9.17) is 0 Å². The number of benzene rings is 1. The van der Waals surface area contributed by atoms with Crippen LogP contribution in [-0.2, 0) is 9.36 Å². The molecule has 0 saturated carbocycles. The second-order valence-electron chi connectivity index (χ2n) is 5.95. The number of hydrogen-bond acceptors (Lipinski definition) is 2. The van der Waals surface area contributed by atoms with E-state index in [0.29, 0.717) is 24.9 Å². The van der Waals surface area contributed by atoms with Crippen molar-refractivity contribution in [3.05, 3.63) is 35.9 Å². The zero-order valence-electron chi connectivity index (χ0n) is 12.7. The van der Waals surface area contributed by atoms with Crippen molar-refractivity contribution in [2.24, 2.45) is 11.8 Å². The molecule has 1 aromatic rings. The van der Waals surface area contributed by atoms with E-state index < -0.39 is 5.66 Å². The molecule has 4 heteroatoms. The molecular weight excluding hydrogens is 269 g/mol. The fraction of sp³-hybridized carbons (Fsp3) is 0.562. The van der Waals surface area contributed by atoms with Crippen LogP contribution in [0.25, 0.3) is 0 Å². The molecule has 0 aliphatic heterocycles. The van der Waals surface area contributed by atoms with Crippen molar-refractivity contribution in [3.63, 3.8) is 0 Å². The third-order valence-corrected chi connectivity index (χ3v) is 3.67. The van der Waals surface area contributed by atoms with Crippen molar-refractivity contribution in [2.45, 2.75) is 33.4 Å². The molecule has 0 fully saturated rings. The molecule has 0 aliphatic carbocycles. The molecule has 0 aromatic heterocycles. The first-order valence-corrected chi connectivity index (χ1v) is 8.00. The fourth-order valence-electron chi connectivity index (χ4n) is 2.19. The number of amides is 1. The molecule has 0 N–H and O–H groups in total. The molecule has 1 aromatic carbocycles. The quantitative estimate of drug-likeness (QED) is 0.708. The Morgan fingerprint density at radius 3 is 1.95 bits per heavy atom. The molecule has 1 amide bonds. The number of carbonyl (C=O) groups excluding carboxylic acids is 1. The minimum Gasteiger partial charge on any atom is -0.341 e. The summed E-state index contributed by atoms with van der Waals surface area (Å²) in [5.41, 5.74) is 0.223. The van der Waals surface area contributed by atoms with E-state index in [1.165, 1.54) is 0 Å².